The maximum Gasteiger partial charge on any atom is 0.0984 e. The van der Waals surface area contributed by atoms with Crippen molar-refractivity contribution in [1.82, 2.24) is 0 Å². The lowest BCUT2D eigenvalue weighted by atomic mass is 9.83. The van der Waals surface area contributed by atoms with E-state index >= 15 is 0 Å². The summed E-state index contributed by atoms with van der Waals surface area (Å²) in [5, 5.41) is 23.3. The highest BCUT2D eigenvalue weighted by atomic mass is 16.4. The Hall–Kier alpha value is -0.570. The van der Waals surface area contributed by atoms with Gasteiger partial charge in [0, 0.05) is 5.92 Å². The number of hydrogen-bond donors (Lipinski definition) is 2. The second kappa shape index (κ2) is 11.3. The minimum Gasteiger partial charge on any atom is -0.411 e. The zero-order valence-corrected chi connectivity index (χ0v) is 13.2. The van der Waals surface area contributed by atoms with Crippen LogP contribution in [0.15, 0.2) is 5.16 Å². The maximum atomic E-state index is 10.5. The van der Waals surface area contributed by atoms with Crippen LogP contribution in [0.2, 0.25) is 0 Å². The molecule has 3 nitrogen and oxygen atoms in total. The van der Waals surface area contributed by atoms with Crippen molar-refractivity contribution in [3.63, 3.8) is 0 Å². The molecule has 3 atom stereocenters. The van der Waals surface area contributed by atoms with E-state index in [4.69, 9.17) is 0 Å². The number of rotatable bonds is 11. The van der Waals surface area contributed by atoms with Crippen LogP contribution in [0.25, 0.3) is 0 Å². The van der Waals surface area contributed by atoms with Gasteiger partial charge in [0.25, 0.3) is 0 Å². The van der Waals surface area contributed by atoms with Crippen LogP contribution in [0.5, 0.6) is 0 Å². The van der Waals surface area contributed by atoms with E-state index in [0.717, 1.165) is 51.4 Å². The summed E-state index contributed by atoms with van der Waals surface area (Å²) >= 11 is 0. The van der Waals surface area contributed by atoms with Gasteiger partial charge in [0.05, 0.1) is 11.8 Å². The fourth-order valence-corrected chi connectivity index (χ4v) is 2.69. The molecule has 0 radical (unpaired) electrons. The van der Waals surface area contributed by atoms with Gasteiger partial charge in [0.2, 0.25) is 0 Å². The summed E-state index contributed by atoms with van der Waals surface area (Å²) in [4.78, 5) is 0. The second-order valence-electron chi connectivity index (χ2n) is 5.53. The minimum atomic E-state index is -0.580. The van der Waals surface area contributed by atoms with Gasteiger partial charge in [0.1, 0.15) is 0 Å². The van der Waals surface area contributed by atoms with Crippen LogP contribution < -0.4 is 0 Å². The smallest absolute Gasteiger partial charge is 0.0984 e. The molecule has 0 aliphatic carbocycles. The Morgan fingerprint density at radius 2 is 1.53 bits per heavy atom. The lowest BCUT2D eigenvalue weighted by Gasteiger charge is -2.26. The predicted molar refractivity (Wildman–Crippen MR) is 81.8 cm³/mol. The molecule has 0 saturated heterocycles. The lowest BCUT2D eigenvalue weighted by Crippen LogP contribution is -2.34. The monoisotopic (exact) mass is 271 g/mol. The maximum absolute atomic E-state index is 10.5. The standard InChI is InChI=1S/C16H33NO2/c1-5-9-11-13(7-3)15(17-19)16(18)14(8-4)12-10-6-2/h13-14,16,18-19H,5-12H2,1-4H3/b17-15+/t13-,14-,16-/m0/s1. The van der Waals surface area contributed by atoms with E-state index in [2.05, 4.69) is 32.9 Å². The van der Waals surface area contributed by atoms with Gasteiger partial charge in [-0.2, -0.15) is 0 Å². The first kappa shape index (κ1) is 18.4. The van der Waals surface area contributed by atoms with E-state index in [9.17, 15) is 10.3 Å². The molecule has 0 bridgehead atoms. The molecule has 0 heterocycles. The first-order valence-corrected chi connectivity index (χ1v) is 8.05. The van der Waals surface area contributed by atoms with Crippen molar-refractivity contribution >= 4 is 5.71 Å². The number of unbranched alkanes of at least 4 members (excludes halogenated alkanes) is 2. The zero-order valence-electron chi connectivity index (χ0n) is 13.2. The average molecular weight is 271 g/mol. The molecule has 0 unspecified atom stereocenters. The summed E-state index contributed by atoms with van der Waals surface area (Å²) in [7, 11) is 0. The van der Waals surface area contributed by atoms with E-state index in [1.54, 1.807) is 0 Å². The van der Waals surface area contributed by atoms with Crippen molar-refractivity contribution in [2.75, 3.05) is 0 Å². The largest absolute Gasteiger partial charge is 0.411 e. The van der Waals surface area contributed by atoms with E-state index in [1.165, 1.54) is 0 Å². The number of nitrogens with zero attached hydrogens (tertiary/aromatic N) is 1. The fraction of sp³-hybridized carbons (Fsp3) is 0.938. The fourth-order valence-electron chi connectivity index (χ4n) is 2.69. The third kappa shape index (κ3) is 6.42. The van der Waals surface area contributed by atoms with Crippen LogP contribution in [0.1, 0.15) is 79.1 Å². The molecule has 114 valence electrons. The Bertz CT molecular complexity index is 241. The van der Waals surface area contributed by atoms with Gasteiger partial charge in [-0.15, -0.1) is 0 Å². The van der Waals surface area contributed by atoms with Crippen molar-refractivity contribution in [2.45, 2.75) is 85.2 Å². The highest BCUT2D eigenvalue weighted by Gasteiger charge is 2.27. The van der Waals surface area contributed by atoms with Crippen molar-refractivity contribution in [1.29, 1.82) is 0 Å². The van der Waals surface area contributed by atoms with Gasteiger partial charge < -0.3 is 10.3 Å². The number of aliphatic hydroxyl groups excluding tert-OH is 1. The molecule has 0 spiro atoms. The summed E-state index contributed by atoms with van der Waals surface area (Å²) in [6.07, 6.45) is 7.83. The summed E-state index contributed by atoms with van der Waals surface area (Å²) in [6, 6.07) is 0. The van der Waals surface area contributed by atoms with Gasteiger partial charge >= 0.3 is 0 Å². The Morgan fingerprint density at radius 1 is 0.947 bits per heavy atom. The highest BCUT2D eigenvalue weighted by molar-refractivity contribution is 5.90. The quantitative estimate of drug-likeness (QED) is 0.327. The Morgan fingerprint density at radius 3 is 1.95 bits per heavy atom. The van der Waals surface area contributed by atoms with E-state index in [-0.39, 0.29) is 11.8 Å². The van der Waals surface area contributed by atoms with Crippen LogP contribution in [0.4, 0.5) is 0 Å². The van der Waals surface area contributed by atoms with Gasteiger partial charge in [-0.05, 0) is 25.2 Å². The van der Waals surface area contributed by atoms with Crippen molar-refractivity contribution in [2.24, 2.45) is 17.0 Å². The zero-order chi connectivity index (χ0) is 14.7. The number of aliphatic hydroxyl groups is 1. The number of hydrogen-bond acceptors (Lipinski definition) is 3. The Labute approximate surface area is 119 Å². The van der Waals surface area contributed by atoms with E-state index in [0.29, 0.717) is 5.71 Å². The topological polar surface area (TPSA) is 52.8 Å². The third-order valence-corrected chi connectivity index (χ3v) is 4.14. The molecule has 0 aliphatic heterocycles. The van der Waals surface area contributed by atoms with Crippen molar-refractivity contribution in [3.05, 3.63) is 0 Å². The van der Waals surface area contributed by atoms with Crippen molar-refractivity contribution in [3.8, 4) is 0 Å². The Balaban J connectivity index is 4.69. The summed E-state index contributed by atoms with van der Waals surface area (Å²) < 4.78 is 0. The molecule has 0 aromatic heterocycles. The van der Waals surface area contributed by atoms with E-state index < -0.39 is 6.10 Å². The molecule has 0 aromatic rings. The number of oxime groups is 1. The molecule has 0 rings (SSSR count). The minimum absolute atomic E-state index is 0.218. The van der Waals surface area contributed by atoms with E-state index in [1.807, 2.05) is 0 Å². The molecule has 0 saturated carbocycles. The molecule has 0 aromatic carbocycles. The third-order valence-electron chi connectivity index (χ3n) is 4.14. The predicted octanol–water partition coefficient (Wildman–Crippen LogP) is 4.61. The molecule has 0 aliphatic rings. The van der Waals surface area contributed by atoms with Crippen LogP contribution in [-0.4, -0.2) is 22.1 Å². The van der Waals surface area contributed by atoms with Gasteiger partial charge in [-0.1, -0.05) is 65.0 Å². The lowest BCUT2D eigenvalue weighted by molar-refractivity contribution is 0.146. The van der Waals surface area contributed by atoms with Crippen LogP contribution in [0, 0.1) is 11.8 Å². The summed E-state index contributed by atoms with van der Waals surface area (Å²) in [5.41, 5.74) is 0.610. The summed E-state index contributed by atoms with van der Waals surface area (Å²) in [6.45, 7) is 8.53. The molecule has 3 heteroatoms. The highest BCUT2D eigenvalue weighted by Crippen LogP contribution is 2.24. The van der Waals surface area contributed by atoms with Crippen LogP contribution in [-0.2, 0) is 0 Å². The second-order valence-corrected chi connectivity index (χ2v) is 5.53. The molecule has 2 N–H and O–H groups in total. The molecule has 0 amide bonds. The SMILES string of the molecule is CCCC[C@H](CC)/C(=N\O)[C@@H](O)[C@@H](CC)CCCC. The normalized spacial score (nSPS) is 17.2. The average Bonchev–Trinajstić information content (AvgIpc) is 2.44. The molecular weight excluding hydrogens is 238 g/mol. The summed E-state index contributed by atoms with van der Waals surface area (Å²) in [5.74, 6) is 0.442. The first-order valence-electron chi connectivity index (χ1n) is 8.05. The molecule has 19 heavy (non-hydrogen) atoms. The van der Waals surface area contributed by atoms with Crippen LogP contribution >= 0.6 is 0 Å². The first-order chi connectivity index (χ1) is 9.15. The molecule has 0 fully saturated rings. The van der Waals surface area contributed by atoms with Gasteiger partial charge in [0.15, 0.2) is 0 Å². The van der Waals surface area contributed by atoms with Gasteiger partial charge in [-0.3, -0.25) is 0 Å². The van der Waals surface area contributed by atoms with Crippen LogP contribution in [0.3, 0.4) is 0 Å². The van der Waals surface area contributed by atoms with Crippen molar-refractivity contribution < 1.29 is 10.3 Å². The molecular formula is C16H33NO2. The Kier molecular flexibility index (Phi) is 10.9. The van der Waals surface area contributed by atoms with Gasteiger partial charge in [-0.25, -0.2) is 0 Å².